The Morgan fingerprint density at radius 3 is 1.47 bits per heavy atom. The third-order valence-electron chi connectivity index (χ3n) is 14.2. The summed E-state index contributed by atoms with van der Waals surface area (Å²) in [6.07, 6.45) is 11.9. The summed E-state index contributed by atoms with van der Waals surface area (Å²) in [7, 11) is 0. The first kappa shape index (κ1) is 34.9. The van der Waals surface area contributed by atoms with Gasteiger partial charge in [0.05, 0.1) is 27.8 Å². The van der Waals surface area contributed by atoms with Crippen LogP contribution in [0.2, 0.25) is 0 Å². The fourth-order valence-electron chi connectivity index (χ4n) is 11.9. The fraction of sp³-hybridized carbons (Fsp3) is 0.0667. The Balaban J connectivity index is 1.16. The molecule has 0 aliphatic heterocycles. The molecule has 0 radical (unpaired) electrons. The van der Waals surface area contributed by atoms with Crippen molar-refractivity contribution in [3.63, 3.8) is 0 Å². The van der Waals surface area contributed by atoms with Gasteiger partial charge in [0, 0.05) is 23.0 Å². The average molecular weight is 787 g/mol. The van der Waals surface area contributed by atoms with Crippen LogP contribution < -0.4 is 0 Å². The molecule has 8 aromatic rings. The molecule has 62 heavy (non-hydrogen) atoms. The summed E-state index contributed by atoms with van der Waals surface area (Å²) < 4.78 is 0. The summed E-state index contributed by atoms with van der Waals surface area (Å²) >= 11 is 0. The minimum Gasteiger partial charge on any atom is -0.228 e. The van der Waals surface area contributed by atoms with Gasteiger partial charge in [-0.05, 0) is 85.0 Å². The first-order valence-corrected chi connectivity index (χ1v) is 21.6. The first-order valence-electron chi connectivity index (χ1n) is 21.6. The molecular weight excluding hydrogens is 749 g/mol. The van der Waals surface area contributed by atoms with E-state index in [2.05, 4.69) is 224 Å². The maximum absolute atomic E-state index is 5.57. The van der Waals surface area contributed by atoms with E-state index in [9.17, 15) is 0 Å². The average Bonchev–Trinajstić information content (AvgIpc) is 3.82. The highest BCUT2D eigenvalue weighted by Crippen LogP contribution is 2.72. The van der Waals surface area contributed by atoms with Gasteiger partial charge in [-0.3, -0.25) is 0 Å². The zero-order valence-corrected chi connectivity index (χ0v) is 33.8. The largest absolute Gasteiger partial charge is 0.228 e. The topological polar surface area (TPSA) is 25.8 Å². The van der Waals surface area contributed by atoms with Crippen LogP contribution in [-0.2, 0) is 10.8 Å². The smallest absolute Gasteiger partial charge is 0.160 e. The summed E-state index contributed by atoms with van der Waals surface area (Å²) in [6.45, 7) is 0. The zero-order valence-electron chi connectivity index (χ0n) is 33.8. The Bertz CT molecular complexity index is 3300. The van der Waals surface area contributed by atoms with E-state index >= 15 is 0 Å². The van der Waals surface area contributed by atoms with Gasteiger partial charge in [0.25, 0.3) is 0 Å². The molecular formula is C60H38N2. The van der Waals surface area contributed by atoms with Crippen molar-refractivity contribution in [2.45, 2.75) is 10.8 Å². The number of allylic oxidation sites excluding steroid dienone is 8. The molecule has 1 aromatic heterocycles. The molecule has 7 aromatic carbocycles. The van der Waals surface area contributed by atoms with Gasteiger partial charge in [0.15, 0.2) is 5.82 Å². The summed E-state index contributed by atoms with van der Waals surface area (Å²) in [4.78, 5) is 10.9. The standard InChI is InChI=1S/C60H38N2/c1-3-19-39(20-4-1)41-23-17-24-42(37-41)55-38-56(62-58(61-55)40-21-5-2-6-22-40)47-29-18-36-54-57(47)60(50-32-13-9-27-45(50)46-28-10-14-33-51(46)60)53-35-16-15-34-52(53)59(54)48-30-11-7-25-43(48)44-26-8-12-31-49(44)59/h1-17,19-28,30-38,52-53H. The fourth-order valence-corrected chi connectivity index (χ4v) is 11.9. The van der Waals surface area contributed by atoms with Crippen LogP contribution in [0.3, 0.4) is 0 Å². The SMILES string of the molecule is C1=C=C(c2cc(-c3cccc(-c4ccccc4)c3)nc(-c3ccccc3)n2)C2=C(C=1)C1(c3ccccc3-c3ccccc31)C1C=CC=CC1C21c2ccccc2-c2ccccc21. The van der Waals surface area contributed by atoms with Crippen LogP contribution in [0.5, 0.6) is 0 Å². The van der Waals surface area contributed by atoms with Gasteiger partial charge in [0.2, 0.25) is 0 Å². The van der Waals surface area contributed by atoms with Crippen molar-refractivity contribution in [1.82, 2.24) is 9.97 Å². The van der Waals surface area contributed by atoms with Crippen molar-refractivity contribution < 1.29 is 0 Å². The van der Waals surface area contributed by atoms with E-state index in [0.29, 0.717) is 5.82 Å². The molecule has 5 aliphatic carbocycles. The number of aromatic nitrogens is 2. The van der Waals surface area contributed by atoms with Crippen molar-refractivity contribution >= 4 is 5.57 Å². The quantitative estimate of drug-likeness (QED) is 0.166. The third kappa shape index (κ3) is 4.66. The first-order chi connectivity index (χ1) is 30.8. The van der Waals surface area contributed by atoms with E-state index in [0.717, 1.165) is 33.7 Å². The molecule has 0 N–H and O–H groups in total. The number of fused-ring (bicyclic) bond motifs is 15. The van der Waals surface area contributed by atoms with Gasteiger partial charge in [-0.1, -0.05) is 212 Å². The molecule has 0 fully saturated rings. The number of hydrogen-bond donors (Lipinski definition) is 0. The van der Waals surface area contributed by atoms with Gasteiger partial charge in [-0.25, -0.2) is 9.97 Å². The summed E-state index contributed by atoms with van der Waals surface area (Å²) in [5.74, 6) is 0.793. The molecule has 2 nitrogen and oxygen atoms in total. The molecule has 0 saturated carbocycles. The van der Waals surface area contributed by atoms with E-state index in [4.69, 9.17) is 9.97 Å². The Morgan fingerprint density at radius 1 is 0.403 bits per heavy atom. The van der Waals surface area contributed by atoms with Crippen LogP contribution in [0.15, 0.2) is 241 Å². The van der Waals surface area contributed by atoms with E-state index in [1.807, 2.05) is 6.07 Å². The Morgan fingerprint density at radius 2 is 0.871 bits per heavy atom. The van der Waals surface area contributed by atoms with Crippen LogP contribution in [0.4, 0.5) is 0 Å². The van der Waals surface area contributed by atoms with E-state index in [-0.39, 0.29) is 11.8 Å². The maximum atomic E-state index is 5.57. The Hall–Kier alpha value is -7.86. The summed E-state index contributed by atoms with van der Waals surface area (Å²) in [5.41, 5.74) is 26.3. The van der Waals surface area contributed by atoms with Crippen molar-refractivity contribution in [3.05, 3.63) is 269 Å². The van der Waals surface area contributed by atoms with Gasteiger partial charge in [0.1, 0.15) is 0 Å². The predicted octanol–water partition coefficient (Wildman–Crippen LogP) is 13.8. The maximum Gasteiger partial charge on any atom is 0.160 e. The molecule has 2 spiro atoms. The van der Waals surface area contributed by atoms with Gasteiger partial charge in [-0.15, -0.1) is 0 Å². The van der Waals surface area contributed by atoms with Crippen LogP contribution in [0.1, 0.15) is 27.9 Å². The lowest BCUT2D eigenvalue weighted by Crippen LogP contribution is -2.54. The van der Waals surface area contributed by atoms with Gasteiger partial charge in [-0.2, -0.15) is 0 Å². The second kappa shape index (κ2) is 13.3. The van der Waals surface area contributed by atoms with E-state index in [1.54, 1.807) is 0 Å². The predicted molar refractivity (Wildman–Crippen MR) is 251 cm³/mol. The summed E-state index contributed by atoms with van der Waals surface area (Å²) in [6, 6.07) is 68.3. The summed E-state index contributed by atoms with van der Waals surface area (Å²) in [5, 5.41) is 0. The monoisotopic (exact) mass is 786 g/mol. The molecule has 0 saturated heterocycles. The van der Waals surface area contributed by atoms with Gasteiger partial charge < -0.3 is 0 Å². The van der Waals surface area contributed by atoms with Crippen LogP contribution in [-0.4, -0.2) is 9.97 Å². The van der Waals surface area contributed by atoms with Crippen molar-refractivity contribution in [1.29, 1.82) is 0 Å². The molecule has 0 amide bonds. The third-order valence-corrected chi connectivity index (χ3v) is 14.2. The highest BCUT2D eigenvalue weighted by Gasteiger charge is 2.65. The molecule has 2 atom stereocenters. The lowest BCUT2D eigenvalue weighted by atomic mass is 9.44. The van der Waals surface area contributed by atoms with Crippen molar-refractivity contribution in [2.24, 2.45) is 11.8 Å². The highest BCUT2D eigenvalue weighted by molar-refractivity contribution is 5.97. The van der Waals surface area contributed by atoms with Crippen molar-refractivity contribution in [3.8, 4) is 56.0 Å². The number of hydrogen-bond acceptors (Lipinski definition) is 2. The molecule has 2 unspecified atom stereocenters. The second-order valence-corrected chi connectivity index (χ2v) is 17.0. The highest BCUT2D eigenvalue weighted by atomic mass is 14.9. The number of nitrogens with zero attached hydrogens (tertiary/aromatic N) is 2. The van der Waals surface area contributed by atoms with Crippen LogP contribution in [0, 0.1) is 11.8 Å². The number of rotatable bonds is 4. The van der Waals surface area contributed by atoms with Crippen LogP contribution >= 0.6 is 0 Å². The molecule has 288 valence electrons. The van der Waals surface area contributed by atoms with E-state index < -0.39 is 10.8 Å². The van der Waals surface area contributed by atoms with Crippen molar-refractivity contribution in [2.75, 3.05) is 0 Å². The molecule has 13 rings (SSSR count). The Labute approximate surface area is 361 Å². The minimum atomic E-state index is -0.585. The molecule has 2 heteroatoms. The Kier molecular flexibility index (Phi) is 7.51. The second-order valence-electron chi connectivity index (χ2n) is 17.0. The molecule has 0 bridgehead atoms. The van der Waals surface area contributed by atoms with E-state index in [1.165, 1.54) is 61.2 Å². The molecule has 1 heterocycles. The zero-order chi connectivity index (χ0) is 40.8. The normalized spacial score (nSPS) is 18.5. The number of benzene rings is 7. The van der Waals surface area contributed by atoms with Gasteiger partial charge >= 0.3 is 0 Å². The lowest BCUT2D eigenvalue weighted by Gasteiger charge is -2.57. The lowest BCUT2D eigenvalue weighted by molar-refractivity contribution is 0.256. The van der Waals surface area contributed by atoms with Crippen LogP contribution in [0.25, 0.3) is 61.6 Å². The molecule has 5 aliphatic rings. The minimum absolute atomic E-state index is 0.0380.